The van der Waals surface area contributed by atoms with Crippen LogP contribution in [0.4, 0.5) is 5.69 Å². The highest BCUT2D eigenvalue weighted by Crippen LogP contribution is 2.12. The fraction of sp³-hybridized carbons (Fsp3) is 0.167. The molecule has 0 saturated heterocycles. The molecule has 6 heteroatoms. The molecule has 0 bridgehead atoms. The van der Waals surface area contributed by atoms with Gasteiger partial charge in [-0.15, -0.1) is 23.7 Å². The molecule has 0 aliphatic heterocycles. The van der Waals surface area contributed by atoms with Crippen molar-refractivity contribution in [3.05, 3.63) is 62.3 Å². The van der Waals surface area contributed by atoms with E-state index >= 15 is 0 Å². The van der Waals surface area contributed by atoms with Gasteiger partial charge in [-0.05, 0) is 17.0 Å². The van der Waals surface area contributed by atoms with E-state index in [9.17, 15) is 10.1 Å². The Labute approximate surface area is 115 Å². The van der Waals surface area contributed by atoms with Gasteiger partial charge in [-0.1, -0.05) is 18.2 Å². The third-order valence-corrected chi connectivity index (χ3v) is 3.23. The van der Waals surface area contributed by atoms with Crippen molar-refractivity contribution in [2.45, 2.75) is 13.1 Å². The average molecular weight is 285 g/mol. The van der Waals surface area contributed by atoms with E-state index in [4.69, 9.17) is 0 Å². The maximum atomic E-state index is 10.5. The Hall–Kier alpha value is -1.43. The molecule has 4 nitrogen and oxygen atoms in total. The van der Waals surface area contributed by atoms with Crippen LogP contribution in [-0.4, -0.2) is 4.92 Å². The summed E-state index contributed by atoms with van der Waals surface area (Å²) in [5, 5.41) is 15.8. The Balaban J connectivity index is 0.00000162. The quantitative estimate of drug-likeness (QED) is 0.676. The number of non-ortho nitro benzene ring substituents is 1. The van der Waals surface area contributed by atoms with Crippen molar-refractivity contribution in [2.24, 2.45) is 0 Å². The van der Waals surface area contributed by atoms with Crippen LogP contribution in [-0.2, 0) is 13.1 Å². The number of hydrogen-bond donors (Lipinski definition) is 1. The number of halogens is 1. The van der Waals surface area contributed by atoms with Gasteiger partial charge < -0.3 is 5.32 Å². The molecule has 1 N–H and O–H groups in total. The molecule has 0 unspecified atom stereocenters. The Morgan fingerprint density at radius 1 is 1.17 bits per heavy atom. The first-order chi connectivity index (χ1) is 8.25. The van der Waals surface area contributed by atoms with E-state index in [1.54, 1.807) is 23.5 Å². The topological polar surface area (TPSA) is 55.2 Å². The van der Waals surface area contributed by atoms with Crippen molar-refractivity contribution >= 4 is 29.4 Å². The minimum absolute atomic E-state index is 0. The summed E-state index contributed by atoms with van der Waals surface area (Å²) < 4.78 is 0. The Morgan fingerprint density at radius 3 is 2.44 bits per heavy atom. The Morgan fingerprint density at radius 2 is 1.89 bits per heavy atom. The number of rotatable bonds is 5. The number of hydrogen-bond acceptors (Lipinski definition) is 4. The summed E-state index contributed by atoms with van der Waals surface area (Å²) >= 11 is 1.71. The van der Waals surface area contributed by atoms with Gasteiger partial charge in [0.05, 0.1) is 4.92 Å². The van der Waals surface area contributed by atoms with Crippen LogP contribution in [0.2, 0.25) is 0 Å². The molecule has 1 aromatic carbocycles. The number of nitrogens with zero attached hydrogens (tertiary/aromatic N) is 1. The summed E-state index contributed by atoms with van der Waals surface area (Å²) in [5.41, 5.74) is 1.18. The van der Waals surface area contributed by atoms with Gasteiger partial charge in [0.15, 0.2) is 0 Å². The number of nitrogens with one attached hydrogen (secondary N) is 1. The van der Waals surface area contributed by atoms with Crippen molar-refractivity contribution < 1.29 is 4.92 Å². The number of thiophene rings is 1. The summed E-state index contributed by atoms with van der Waals surface area (Å²) in [6.07, 6.45) is 0. The van der Waals surface area contributed by atoms with Crippen LogP contribution >= 0.6 is 23.7 Å². The van der Waals surface area contributed by atoms with E-state index in [1.165, 1.54) is 17.0 Å². The summed E-state index contributed by atoms with van der Waals surface area (Å²) in [6, 6.07) is 10.7. The summed E-state index contributed by atoms with van der Waals surface area (Å²) in [6.45, 7) is 1.55. The van der Waals surface area contributed by atoms with Gasteiger partial charge in [0, 0.05) is 30.1 Å². The average Bonchev–Trinajstić information content (AvgIpc) is 2.83. The lowest BCUT2D eigenvalue weighted by Gasteiger charge is -2.02. The van der Waals surface area contributed by atoms with Crippen LogP contribution in [0.5, 0.6) is 0 Å². The predicted octanol–water partition coefficient (Wildman–Crippen LogP) is 3.37. The standard InChI is InChI=1S/C12H12N2O2S.ClH/c15-14(16)11-5-3-10(4-6-11)8-13-9-12-2-1-7-17-12;/h1-7,13H,8-9H2;1H. The minimum atomic E-state index is -0.386. The third-order valence-electron chi connectivity index (χ3n) is 2.36. The van der Waals surface area contributed by atoms with E-state index in [0.717, 1.165) is 18.7 Å². The van der Waals surface area contributed by atoms with Crippen LogP contribution in [0, 0.1) is 10.1 Å². The molecule has 0 spiro atoms. The monoisotopic (exact) mass is 284 g/mol. The lowest BCUT2D eigenvalue weighted by atomic mass is 10.2. The van der Waals surface area contributed by atoms with E-state index in [-0.39, 0.29) is 23.0 Å². The molecule has 1 aromatic heterocycles. The Bertz CT molecular complexity index is 485. The first-order valence-corrected chi connectivity index (χ1v) is 6.10. The Kier molecular flexibility index (Phi) is 5.77. The van der Waals surface area contributed by atoms with Gasteiger partial charge in [0.2, 0.25) is 0 Å². The van der Waals surface area contributed by atoms with Crippen molar-refractivity contribution in [1.29, 1.82) is 0 Å². The molecule has 2 aromatic rings. The van der Waals surface area contributed by atoms with Gasteiger partial charge >= 0.3 is 0 Å². The first-order valence-electron chi connectivity index (χ1n) is 5.22. The minimum Gasteiger partial charge on any atom is -0.308 e. The molecule has 0 atom stereocenters. The lowest BCUT2D eigenvalue weighted by molar-refractivity contribution is -0.384. The van der Waals surface area contributed by atoms with E-state index in [2.05, 4.69) is 11.4 Å². The molecule has 0 aliphatic rings. The smallest absolute Gasteiger partial charge is 0.269 e. The van der Waals surface area contributed by atoms with Crippen LogP contribution in [0.15, 0.2) is 41.8 Å². The van der Waals surface area contributed by atoms with Crippen molar-refractivity contribution in [3.63, 3.8) is 0 Å². The zero-order chi connectivity index (χ0) is 12.1. The second kappa shape index (κ2) is 7.10. The lowest BCUT2D eigenvalue weighted by Crippen LogP contribution is -2.11. The molecule has 0 amide bonds. The zero-order valence-electron chi connectivity index (χ0n) is 9.54. The van der Waals surface area contributed by atoms with E-state index in [1.807, 2.05) is 11.4 Å². The molecule has 0 saturated carbocycles. The van der Waals surface area contributed by atoms with Gasteiger partial charge in [-0.3, -0.25) is 10.1 Å². The summed E-state index contributed by atoms with van der Waals surface area (Å²) in [4.78, 5) is 11.4. The fourth-order valence-electron chi connectivity index (χ4n) is 1.48. The number of benzene rings is 1. The predicted molar refractivity (Wildman–Crippen MR) is 75.2 cm³/mol. The van der Waals surface area contributed by atoms with Crippen LogP contribution in [0.25, 0.3) is 0 Å². The van der Waals surface area contributed by atoms with E-state index in [0.29, 0.717) is 0 Å². The molecule has 0 radical (unpaired) electrons. The van der Waals surface area contributed by atoms with Crippen LogP contribution < -0.4 is 5.32 Å². The van der Waals surface area contributed by atoms with Crippen molar-refractivity contribution in [2.75, 3.05) is 0 Å². The molecule has 18 heavy (non-hydrogen) atoms. The molecular weight excluding hydrogens is 272 g/mol. The summed E-state index contributed by atoms with van der Waals surface area (Å²) in [5.74, 6) is 0. The fourth-order valence-corrected chi connectivity index (χ4v) is 2.15. The van der Waals surface area contributed by atoms with Crippen LogP contribution in [0.1, 0.15) is 10.4 Å². The van der Waals surface area contributed by atoms with Gasteiger partial charge in [0.25, 0.3) is 5.69 Å². The largest absolute Gasteiger partial charge is 0.308 e. The van der Waals surface area contributed by atoms with Crippen molar-refractivity contribution in [1.82, 2.24) is 5.32 Å². The summed E-state index contributed by atoms with van der Waals surface area (Å²) in [7, 11) is 0. The molecule has 0 aliphatic carbocycles. The second-order valence-corrected chi connectivity index (χ2v) is 4.64. The SMILES string of the molecule is Cl.O=[N+]([O-])c1ccc(CNCc2cccs2)cc1. The maximum Gasteiger partial charge on any atom is 0.269 e. The van der Waals surface area contributed by atoms with Crippen LogP contribution in [0.3, 0.4) is 0 Å². The second-order valence-electron chi connectivity index (χ2n) is 3.61. The molecule has 0 fully saturated rings. The molecule has 96 valence electrons. The molecule has 1 heterocycles. The normalized spacial score (nSPS) is 9.78. The van der Waals surface area contributed by atoms with Gasteiger partial charge in [-0.25, -0.2) is 0 Å². The highest BCUT2D eigenvalue weighted by Gasteiger charge is 2.03. The number of nitro groups is 1. The number of nitro benzene ring substituents is 1. The highest BCUT2D eigenvalue weighted by molar-refractivity contribution is 7.09. The molecule has 2 rings (SSSR count). The van der Waals surface area contributed by atoms with Gasteiger partial charge in [-0.2, -0.15) is 0 Å². The third kappa shape index (κ3) is 4.10. The zero-order valence-corrected chi connectivity index (χ0v) is 11.2. The molecular formula is C12H13ClN2O2S. The van der Waals surface area contributed by atoms with Gasteiger partial charge in [0.1, 0.15) is 0 Å². The highest BCUT2D eigenvalue weighted by atomic mass is 35.5. The van der Waals surface area contributed by atoms with E-state index < -0.39 is 0 Å². The van der Waals surface area contributed by atoms with Crippen molar-refractivity contribution in [3.8, 4) is 0 Å². The first kappa shape index (κ1) is 14.6. The maximum absolute atomic E-state index is 10.5.